The van der Waals surface area contributed by atoms with Crippen LogP contribution in [0.1, 0.15) is 22.3 Å². The molecule has 1 aromatic carbocycles. The zero-order valence-corrected chi connectivity index (χ0v) is 16.0. The first-order valence-electron chi connectivity index (χ1n) is 9.06. The summed E-state index contributed by atoms with van der Waals surface area (Å²) < 4.78 is 30.1. The quantitative estimate of drug-likeness (QED) is 0.735. The molecule has 0 aliphatic carbocycles. The van der Waals surface area contributed by atoms with Crippen LogP contribution in [-0.4, -0.2) is 34.2 Å². The smallest absolute Gasteiger partial charge is 0.282 e. The van der Waals surface area contributed by atoms with E-state index in [9.17, 15) is 18.7 Å². The normalized spacial score (nSPS) is 15.7. The Morgan fingerprint density at radius 1 is 1.18 bits per heavy atom. The molecule has 1 aliphatic heterocycles. The minimum Gasteiger partial charge on any atom is -0.505 e. The van der Waals surface area contributed by atoms with Crippen LogP contribution < -0.4 is 10.5 Å². The Balaban J connectivity index is 2.02. The highest BCUT2D eigenvalue weighted by molar-refractivity contribution is 5.94. The van der Waals surface area contributed by atoms with E-state index in [-0.39, 0.29) is 22.3 Å². The molecule has 3 aromatic rings. The van der Waals surface area contributed by atoms with Crippen LogP contribution in [0.4, 0.5) is 14.5 Å². The summed E-state index contributed by atoms with van der Waals surface area (Å²) in [7, 11) is 1.58. The molecule has 2 aromatic heterocycles. The Morgan fingerprint density at radius 3 is 2.54 bits per heavy atom. The molecule has 146 valence electrons. The number of hydrogen-bond acceptors (Lipinski definition) is 4. The molecule has 5 nitrogen and oxygen atoms in total. The topological polar surface area (TPSA) is 58.4 Å². The minimum atomic E-state index is -3.09. The molecule has 0 saturated carbocycles. The highest BCUT2D eigenvalue weighted by Gasteiger charge is 2.38. The first-order chi connectivity index (χ1) is 13.2. The van der Waals surface area contributed by atoms with Gasteiger partial charge in [0, 0.05) is 25.2 Å². The van der Waals surface area contributed by atoms with E-state index in [1.54, 1.807) is 13.2 Å². The SMILES string of the molecule is Cc1ccc(Cc2cnc3c(O)c(C)c(=O)n4c3c2N(C)CC(F)(F)C4)cc1. The number of halogens is 2. The van der Waals surface area contributed by atoms with Gasteiger partial charge in [-0.15, -0.1) is 0 Å². The van der Waals surface area contributed by atoms with Crippen molar-refractivity contribution in [2.45, 2.75) is 32.7 Å². The fraction of sp³-hybridized carbons (Fsp3) is 0.333. The van der Waals surface area contributed by atoms with Gasteiger partial charge in [0.1, 0.15) is 5.52 Å². The van der Waals surface area contributed by atoms with Crippen molar-refractivity contribution in [3.63, 3.8) is 0 Å². The van der Waals surface area contributed by atoms with Gasteiger partial charge in [0.15, 0.2) is 5.75 Å². The lowest BCUT2D eigenvalue weighted by Gasteiger charge is -2.24. The van der Waals surface area contributed by atoms with Crippen LogP contribution in [0.5, 0.6) is 5.75 Å². The van der Waals surface area contributed by atoms with Crippen molar-refractivity contribution < 1.29 is 13.9 Å². The Kier molecular flexibility index (Phi) is 4.14. The Morgan fingerprint density at radius 2 is 1.86 bits per heavy atom. The number of alkyl halides is 2. The summed E-state index contributed by atoms with van der Waals surface area (Å²) in [5.74, 6) is -3.34. The third kappa shape index (κ3) is 2.91. The molecule has 3 heterocycles. The lowest BCUT2D eigenvalue weighted by molar-refractivity contribution is -0.00567. The molecule has 4 rings (SSSR count). The second-order valence-corrected chi connectivity index (χ2v) is 7.57. The van der Waals surface area contributed by atoms with E-state index >= 15 is 0 Å². The standard InChI is InChI=1S/C21H21F2N3O2/c1-12-4-6-14(7-5-12)8-15-9-24-16-18-17(15)25(3)10-21(22,23)11-26(18)20(28)13(2)19(16)27/h4-7,9,27H,8,10-11H2,1-3H3. The molecular formula is C21H21F2N3O2. The first-order valence-corrected chi connectivity index (χ1v) is 9.06. The van der Waals surface area contributed by atoms with Gasteiger partial charge in [0.2, 0.25) is 0 Å². The van der Waals surface area contributed by atoms with Crippen LogP contribution in [0.15, 0.2) is 35.3 Å². The molecule has 0 atom stereocenters. The molecule has 28 heavy (non-hydrogen) atoms. The summed E-state index contributed by atoms with van der Waals surface area (Å²) >= 11 is 0. The molecular weight excluding hydrogens is 364 g/mol. The summed E-state index contributed by atoms with van der Waals surface area (Å²) in [4.78, 5) is 18.5. The van der Waals surface area contributed by atoms with Gasteiger partial charge in [-0.2, -0.15) is 0 Å². The maximum atomic E-state index is 14.5. The van der Waals surface area contributed by atoms with E-state index in [4.69, 9.17) is 0 Å². The number of anilines is 1. The van der Waals surface area contributed by atoms with Crippen molar-refractivity contribution in [3.8, 4) is 5.75 Å². The summed E-state index contributed by atoms with van der Waals surface area (Å²) in [6, 6.07) is 7.95. The van der Waals surface area contributed by atoms with Gasteiger partial charge in [-0.1, -0.05) is 29.8 Å². The number of pyridine rings is 2. The van der Waals surface area contributed by atoms with Crippen LogP contribution in [0.3, 0.4) is 0 Å². The second kappa shape index (κ2) is 6.29. The Hall–Kier alpha value is -2.96. The lowest BCUT2D eigenvalue weighted by Crippen LogP contribution is -2.37. The third-order valence-electron chi connectivity index (χ3n) is 5.27. The van der Waals surface area contributed by atoms with Crippen LogP contribution in [0.2, 0.25) is 0 Å². The van der Waals surface area contributed by atoms with E-state index in [1.807, 2.05) is 31.2 Å². The summed E-state index contributed by atoms with van der Waals surface area (Å²) in [5.41, 5.74) is 3.22. The molecule has 0 radical (unpaired) electrons. The van der Waals surface area contributed by atoms with Gasteiger partial charge in [0.05, 0.1) is 29.9 Å². The van der Waals surface area contributed by atoms with Gasteiger partial charge >= 0.3 is 0 Å². The van der Waals surface area contributed by atoms with Crippen LogP contribution in [-0.2, 0) is 13.0 Å². The molecule has 7 heteroatoms. The van der Waals surface area contributed by atoms with Gasteiger partial charge in [-0.25, -0.2) is 8.78 Å². The van der Waals surface area contributed by atoms with Crippen LogP contribution in [0, 0.1) is 13.8 Å². The Bertz CT molecular complexity index is 1140. The highest BCUT2D eigenvalue weighted by Crippen LogP contribution is 2.38. The van der Waals surface area contributed by atoms with E-state index < -0.39 is 24.6 Å². The number of aromatic nitrogens is 2. The predicted octanol–water partition coefficient (Wildman–Crippen LogP) is 3.39. The zero-order valence-electron chi connectivity index (χ0n) is 16.0. The highest BCUT2D eigenvalue weighted by atomic mass is 19.3. The Labute approximate surface area is 160 Å². The fourth-order valence-electron chi connectivity index (χ4n) is 3.88. The largest absolute Gasteiger partial charge is 0.505 e. The van der Waals surface area contributed by atoms with E-state index in [2.05, 4.69) is 4.98 Å². The summed E-state index contributed by atoms with van der Waals surface area (Å²) in [6.07, 6.45) is 2.09. The number of rotatable bonds is 2. The predicted molar refractivity (Wildman–Crippen MR) is 105 cm³/mol. The molecule has 0 unspecified atom stereocenters. The zero-order chi connectivity index (χ0) is 20.2. The van der Waals surface area contributed by atoms with Gasteiger partial charge in [0.25, 0.3) is 11.5 Å². The van der Waals surface area contributed by atoms with Crippen LogP contribution >= 0.6 is 0 Å². The number of aryl methyl sites for hydroxylation is 1. The van der Waals surface area contributed by atoms with Crippen molar-refractivity contribution in [1.29, 1.82) is 0 Å². The van der Waals surface area contributed by atoms with Crippen molar-refractivity contribution >= 4 is 16.7 Å². The lowest BCUT2D eigenvalue weighted by atomic mass is 10.0. The average Bonchev–Trinajstić information content (AvgIpc) is 2.74. The van der Waals surface area contributed by atoms with E-state index in [0.29, 0.717) is 12.1 Å². The van der Waals surface area contributed by atoms with E-state index in [0.717, 1.165) is 21.3 Å². The number of nitrogens with zero attached hydrogens (tertiary/aromatic N) is 3. The summed E-state index contributed by atoms with van der Waals surface area (Å²) in [6.45, 7) is 2.16. The molecule has 1 N–H and O–H groups in total. The summed E-state index contributed by atoms with van der Waals surface area (Å²) in [5, 5.41) is 10.4. The van der Waals surface area contributed by atoms with Crippen molar-refractivity contribution in [3.05, 3.63) is 63.1 Å². The van der Waals surface area contributed by atoms with Crippen molar-refractivity contribution in [1.82, 2.24) is 9.55 Å². The second-order valence-electron chi connectivity index (χ2n) is 7.57. The molecule has 0 fully saturated rings. The van der Waals surface area contributed by atoms with Gasteiger partial charge in [-0.05, 0) is 19.4 Å². The van der Waals surface area contributed by atoms with Gasteiger partial charge < -0.3 is 10.0 Å². The molecule has 0 bridgehead atoms. The maximum Gasteiger partial charge on any atom is 0.282 e. The van der Waals surface area contributed by atoms with Crippen molar-refractivity contribution in [2.24, 2.45) is 0 Å². The number of hydrogen-bond donors (Lipinski definition) is 1. The number of aromatic hydroxyl groups is 1. The molecule has 0 amide bonds. The third-order valence-corrected chi connectivity index (χ3v) is 5.27. The molecule has 0 saturated heterocycles. The molecule has 1 aliphatic rings. The van der Waals surface area contributed by atoms with Crippen molar-refractivity contribution in [2.75, 3.05) is 18.5 Å². The van der Waals surface area contributed by atoms with Crippen LogP contribution in [0.25, 0.3) is 11.0 Å². The number of benzene rings is 1. The monoisotopic (exact) mass is 385 g/mol. The van der Waals surface area contributed by atoms with Gasteiger partial charge in [-0.3, -0.25) is 14.3 Å². The van der Waals surface area contributed by atoms with E-state index in [1.165, 1.54) is 11.8 Å². The molecule has 0 spiro atoms. The minimum absolute atomic E-state index is 0.0255. The average molecular weight is 385 g/mol. The first kappa shape index (κ1) is 18.4. The fourth-order valence-corrected chi connectivity index (χ4v) is 3.88. The maximum absolute atomic E-state index is 14.5.